The van der Waals surface area contributed by atoms with E-state index in [1.54, 1.807) is 6.07 Å². The SMILES string of the molecule is COC(=O)C(C)(C)NC(=O)c1cc(C2CC2)c(OCC2(C)CC3CC(C)CC(C3)C2)cc1F. The first-order valence-electron chi connectivity index (χ1n) is 12.4. The summed E-state index contributed by atoms with van der Waals surface area (Å²) in [7, 11) is 1.26. The van der Waals surface area contributed by atoms with Crippen LogP contribution in [0, 0.1) is 29.0 Å². The summed E-state index contributed by atoms with van der Waals surface area (Å²) in [4.78, 5) is 24.7. The maximum Gasteiger partial charge on any atom is 0.330 e. The van der Waals surface area contributed by atoms with Gasteiger partial charge >= 0.3 is 5.97 Å². The van der Waals surface area contributed by atoms with Gasteiger partial charge in [0.15, 0.2) is 0 Å². The number of hydrogen-bond donors (Lipinski definition) is 1. The topological polar surface area (TPSA) is 64.6 Å². The van der Waals surface area contributed by atoms with E-state index in [9.17, 15) is 9.59 Å². The summed E-state index contributed by atoms with van der Waals surface area (Å²) < 4.78 is 26.1. The molecular weight excluding hydrogens is 421 g/mol. The number of esters is 1. The zero-order chi connectivity index (χ0) is 24.0. The van der Waals surface area contributed by atoms with Gasteiger partial charge in [0, 0.05) is 11.5 Å². The predicted molar refractivity (Wildman–Crippen MR) is 125 cm³/mol. The second-order valence-corrected chi connectivity index (χ2v) is 11.8. The molecule has 6 heteroatoms. The molecule has 1 aromatic carbocycles. The summed E-state index contributed by atoms with van der Waals surface area (Å²) in [6.45, 7) is 8.33. The fraction of sp³-hybridized carbons (Fsp3) is 0.704. The van der Waals surface area contributed by atoms with E-state index in [0.717, 1.165) is 49.0 Å². The number of rotatable bonds is 7. The molecule has 0 saturated heterocycles. The molecule has 3 saturated carbocycles. The van der Waals surface area contributed by atoms with Crippen molar-refractivity contribution in [1.29, 1.82) is 0 Å². The molecule has 0 radical (unpaired) electrons. The second kappa shape index (κ2) is 8.92. The predicted octanol–water partition coefficient (Wildman–Crippen LogP) is 5.62. The minimum absolute atomic E-state index is 0.0615. The third-order valence-corrected chi connectivity index (χ3v) is 7.76. The molecule has 33 heavy (non-hydrogen) atoms. The number of benzene rings is 1. The zero-order valence-corrected chi connectivity index (χ0v) is 20.6. The lowest BCUT2D eigenvalue weighted by atomic mass is 9.60. The molecule has 2 atom stereocenters. The molecule has 2 bridgehead atoms. The smallest absolute Gasteiger partial charge is 0.330 e. The van der Waals surface area contributed by atoms with Crippen LogP contribution in [0.1, 0.15) is 94.5 Å². The average molecular weight is 460 g/mol. The molecule has 0 heterocycles. The molecule has 1 aromatic rings. The molecule has 3 fully saturated rings. The highest BCUT2D eigenvalue weighted by atomic mass is 19.1. The van der Waals surface area contributed by atoms with Gasteiger partial charge in [-0.1, -0.05) is 13.8 Å². The van der Waals surface area contributed by atoms with Crippen molar-refractivity contribution in [3.8, 4) is 5.75 Å². The molecule has 1 amide bonds. The van der Waals surface area contributed by atoms with Crippen LogP contribution in [-0.2, 0) is 9.53 Å². The summed E-state index contributed by atoms with van der Waals surface area (Å²) in [5.74, 6) is 1.36. The van der Waals surface area contributed by atoms with Gasteiger partial charge in [0.2, 0.25) is 0 Å². The number of ether oxygens (including phenoxy) is 2. The fourth-order valence-corrected chi connectivity index (χ4v) is 6.32. The minimum atomic E-state index is -1.25. The van der Waals surface area contributed by atoms with Gasteiger partial charge in [-0.05, 0) is 94.1 Å². The Morgan fingerprint density at radius 1 is 1.15 bits per heavy atom. The van der Waals surface area contributed by atoms with E-state index in [1.165, 1.54) is 46.3 Å². The van der Waals surface area contributed by atoms with Crippen LogP contribution in [0.5, 0.6) is 5.75 Å². The summed E-state index contributed by atoms with van der Waals surface area (Å²) in [6.07, 6.45) is 8.30. The Kier molecular flexibility index (Phi) is 6.49. The van der Waals surface area contributed by atoms with E-state index in [2.05, 4.69) is 19.2 Å². The van der Waals surface area contributed by atoms with Gasteiger partial charge < -0.3 is 14.8 Å². The van der Waals surface area contributed by atoms with Gasteiger partial charge in [0.1, 0.15) is 17.1 Å². The number of fused-ring (bicyclic) bond motifs is 2. The Morgan fingerprint density at radius 3 is 2.36 bits per heavy atom. The van der Waals surface area contributed by atoms with Crippen LogP contribution in [0.2, 0.25) is 0 Å². The Balaban J connectivity index is 1.50. The lowest BCUT2D eigenvalue weighted by molar-refractivity contribution is -0.146. The van der Waals surface area contributed by atoms with E-state index in [0.29, 0.717) is 18.3 Å². The number of nitrogens with one attached hydrogen (secondary N) is 1. The molecule has 0 aliphatic heterocycles. The maximum absolute atomic E-state index is 15.1. The lowest BCUT2D eigenvalue weighted by Gasteiger charge is -2.47. The molecule has 1 N–H and O–H groups in total. The second-order valence-electron chi connectivity index (χ2n) is 11.8. The largest absolute Gasteiger partial charge is 0.493 e. The first-order chi connectivity index (χ1) is 15.5. The monoisotopic (exact) mass is 459 g/mol. The van der Waals surface area contributed by atoms with Crippen LogP contribution in [0.25, 0.3) is 0 Å². The van der Waals surface area contributed by atoms with Gasteiger partial charge in [0.05, 0.1) is 19.3 Å². The highest BCUT2D eigenvalue weighted by Crippen LogP contribution is 2.51. The van der Waals surface area contributed by atoms with E-state index in [4.69, 9.17) is 9.47 Å². The van der Waals surface area contributed by atoms with Gasteiger partial charge in [-0.25, -0.2) is 9.18 Å². The third-order valence-electron chi connectivity index (χ3n) is 7.76. The van der Waals surface area contributed by atoms with Crippen LogP contribution in [0.15, 0.2) is 12.1 Å². The van der Waals surface area contributed by atoms with Crippen LogP contribution in [0.4, 0.5) is 4.39 Å². The van der Waals surface area contributed by atoms with Crippen molar-refractivity contribution in [3.63, 3.8) is 0 Å². The van der Waals surface area contributed by atoms with Crippen molar-refractivity contribution < 1.29 is 23.5 Å². The molecule has 0 aromatic heterocycles. The molecule has 4 rings (SSSR count). The van der Waals surface area contributed by atoms with Crippen molar-refractivity contribution in [1.82, 2.24) is 5.32 Å². The molecule has 3 aliphatic rings. The first-order valence-corrected chi connectivity index (χ1v) is 12.4. The summed E-state index contributed by atoms with van der Waals surface area (Å²) in [6, 6.07) is 2.98. The van der Waals surface area contributed by atoms with Crippen LogP contribution < -0.4 is 10.1 Å². The quantitative estimate of drug-likeness (QED) is 0.538. The van der Waals surface area contributed by atoms with Crippen molar-refractivity contribution >= 4 is 11.9 Å². The van der Waals surface area contributed by atoms with E-state index in [-0.39, 0.29) is 11.0 Å². The Hall–Kier alpha value is -2.11. The lowest BCUT2D eigenvalue weighted by Crippen LogP contribution is -2.50. The van der Waals surface area contributed by atoms with Gasteiger partial charge in [-0.3, -0.25) is 4.79 Å². The highest BCUT2D eigenvalue weighted by molar-refractivity contribution is 5.98. The van der Waals surface area contributed by atoms with Crippen molar-refractivity contribution in [3.05, 3.63) is 29.1 Å². The van der Waals surface area contributed by atoms with E-state index < -0.39 is 23.2 Å². The fourth-order valence-electron chi connectivity index (χ4n) is 6.32. The summed E-state index contributed by atoms with van der Waals surface area (Å²) in [5.41, 5.74) is -0.316. The van der Waals surface area contributed by atoms with Crippen molar-refractivity contribution in [2.24, 2.45) is 23.2 Å². The van der Waals surface area contributed by atoms with Crippen molar-refractivity contribution in [2.75, 3.05) is 13.7 Å². The summed E-state index contributed by atoms with van der Waals surface area (Å²) in [5, 5.41) is 2.59. The molecule has 5 nitrogen and oxygen atoms in total. The van der Waals surface area contributed by atoms with Gasteiger partial charge in [-0.15, -0.1) is 0 Å². The highest BCUT2D eigenvalue weighted by Gasteiger charge is 2.42. The standard InChI is InChI=1S/C27H38FNO4/c1-16-8-17-10-18(9-16)14-27(4,13-17)15-33-23-12-22(28)21(11-20(23)19-6-7-19)24(30)29-26(2,3)25(31)32-5/h11-12,16-19H,6-10,13-15H2,1-5H3,(H,29,30). The minimum Gasteiger partial charge on any atom is -0.493 e. The number of methoxy groups -OCH3 is 1. The molecule has 3 aliphatic carbocycles. The molecule has 182 valence electrons. The molecule has 2 unspecified atom stereocenters. The third kappa shape index (κ3) is 5.36. The van der Waals surface area contributed by atoms with Crippen LogP contribution in [-0.4, -0.2) is 31.1 Å². The number of hydrogen-bond acceptors (Lipinski definition) is 4. The van der Waals surface area contributed by atoms with Crippen LogP contribution >= 0.6 is 0 Å². The maximum atomic E-state index is 15.1. The Morgan fingerprint density at radius 2 is 1.79 bits per heavy atom. The van der Waals surface area contributed by atoms with E-state index in [1.807, 2.05) is 0 Å². The normalized spacial score (nSPS) is 29.3. The molecular formula is C27H38FNO4. The first kappa shape index (κ1) is 24.0. The number of carbonyl (C=O) groups is 2. The van der Waals surface area contributed by atoms with Crippen LogP contribution in [0.3, 0.4) is 0 Å². The molecule has 0 spiro atoms. The Bertz CT molecular complexity index is 905. The number of halogens is 1. The van der Waals surface area contributed by atoms with Crippen molar-refractivity contribution in [2.45, 2.75) is 84.1 Å². The number of amides is 1. The number of carbonyl (C=O) groups excluding carboxylic acids is 2. The average Bonchev–Trinajstić information content (AvgIpc) is 3.55. The van der Waals surface area contributed by atoms with E-state index >= 15 is 4.39 Å². The van der Waals surface area contributed by atoms with Gasteiger partial charge in [0.25, 0.3) is 5.91 Å². The summed E-state index contributed by atoms with van der Waals surface area (Å²) >= 11 is 0. The zero-order valence-electron chi connectivity index (χ0n) is 20.6. The Labute approximate surface area is 196 Å². The van der Waals surface area contributed by atoms with Gasteiger partial charge in [-0.2, -0.15) is 0 Å².